The largest absolute Gasteiger partial charge is 0.379 e. The van der Waals surface area contributed by atoms with Crippen LogP contribution in [0.4, 0.5) is 0 Å². The zero-order chi connectivity index (χ0) is 12.1. The zero-order valence-corrected chi connectivity index (χ0v) is 9.89. The number of hydrogen-bond donors (Lipinski definition) is 1. The van der Waals surface area contributed by atoms with Crippen LogP contribution in [0.2, 0.25) is 0 Å². The lowest BCUT2D eigenvalue weighted by molar-refractivity contribution is -0.150. The van der Waals surface area contributed by atoms with Crippen LogP contribution in [-0.4, -0.2) is 31.8 Å². The Morgan fingerprint density at radius 3 is 2.65 bits per heavy atom. The molecule has 0 spiro atoms. The Hall–Kier alpha value is -1.39. The molecule has 2 unspecified atom stereocenters. The Morgan fingerprint density at radius 1 is 1.24 bits per heavy atom. The van der Waals surface area contributed by atoms with Gasteiger partial charge in [-0.1, -0.05) is 30.3 Å². The number of benzene rings is 1. The molecule has 1 amide bonds. The number of carbonyl (C=O) groups excluding carboxylic acids is 1. The number of rotatable bonds is 6. The second-order valence-corrected chi connectivity index (χ2v) is 3.89. The first-order valence-electron chi connectivity index (χ1n) is 5.87. The monoisotopic (exact) mass is 235 g/mol. The van der Waals surface area contributed by atoms with Crippen LogP contribution >= 0.6 is 0 Å². The van der Waals surface area contributed by atoms with Crippen molar-refractivity contribution in [3.8, 4) is 0 Å². The van der Waals surface area contributed by atoms with Crippen molar-refractivity contribution in [3.63, 3.8) is 0 Å². The van der Waals surface area contributed by atoms with E-state index < -0.39 is 0 Å². The summed E-state index contributed by atoms with van der Waals surface area (Å²) in [5.74, 6) is -0.0460. The maximum atomic E-state index is 11.4. The van der Waals surface area contributed by atoms with Crippen LogP contribution in [0.5, 0.6) is 0 Å². The molecule has 1 saturated heterocycles. The summed E-state index contributed by atoms with van der Waals surface area (Å²) in [6.45, 7) is 3.59. The lowest BCUT2D eigenvalue weighted by atomic mass is 9.94. The molecule has 0 aromatic heterocycles. The predicted molar refractivity (Wildman–Crippen MR) is 63.6 cm³/mol. The van der Waals surface area contributed by atoms with Crippen LogP contribution in [0.1, 0.15) is 18.5 Å². The normalized spacial score (nSPS) is 23.0. The number of ether oxygens (including phenoxy) is 2. The first-order chi connectivity index (χ1) is 8.33. The molecule has 1 aliphatic heterocycles. The smallest absolute Gasteiger partial charge is 0.252 e. The van der Waals surface area contributed by atoms with E-state index in [1.165, 1.54) is 0 Å². The van der Waals surface area contributed by atoms with E-state index >= 15 is 0 Å². The summed E-state index contributed by atoms with van der Waals surface area (Å²) in [5.41, 5.74) is 1.08. The van der Waals surface area contributed by atoms with Crippen molar-refractivity contribution in [1.82, 2.24) is 5.32 Å². The van der Waals surface area contributed by atoms with Gasteiger partial charge in [0.05, 0.1) is 19.3 Å². The maximum Gasteiger partial charge on any atom is 0.252 e. The van der Waals surface area contributed by atoms with Crippen LogP contribution in [0, 0.1) is 0 Å². The zero-order valence-electron chi connectivity index (χ0n) is 9.89. The van der Waals surface area contributed by atoms with Crippen molar-refractivity contribution < 1.29 is 14.3 Å². The summed E-state index contributed by atoms with van der Waals surface area (Å²) in [4.78, 5) is 11.4. The van der Waals surface area contributed by atoms with E-state index in [0.717, 1.165) is 5.56 Å². The summed E-state index contributed by atoms with van der Waals surface area (Å²) < 4.78 is 10.7. The molecular weight excluding hydrogens is 218 g/mol. The highest BCUT2D eigenvalue weighted by molar-refractivity contribution is 5.88. The van der Waals surface area contributed by atoms with Crippen molar-refractivity contribution in [1.29, 1.82) is 0 Å². The molecule has 4 heteroatoms. The number of amides is 1. The maximum absolute atomic E-state index is 11.4. The van der Waals surface area contributed by atoms with Gasteiger partial charge in [0.25, 0.3) is 5.91 Å². The molecule has 2 atom stereocenters. The highest BCUT2D eigenvalue weighted by Crippen LogP contribution is 2.26. The lowest BCUT2D eigenvalue weighted by Gasteiger charge is -2.36. The first kappa shape index (κ1) is 12.1. The van der Waals surface area contributed by atoms with Gasteiger partial charge in [0.2, 0.25) is 0 Å². The Balaban J connectivity index is 1.86. The van der Waals surface area contributed by atoms with Gasteiger partial charge in [-0.2, -0.15) is 0 Å². The van der Waals surface area contributed by atoms with Crippen LogP contribution < -0.4 is 5.32 Å². The minimum absolute atomic E-state index is 0.0228. The number of β-lactam (4-membered cyclic amide) rings is 1. The van der Waals surface area contributed by atoms with Crippen LogP contribution in [0.25, 0.3) is 0 Å². The lowest BCUT2D eigenvalue weighted by Crippen LogP contribution is -2.57. The van der Waals surface area contributed by atoms with Gasteiger partial charge in [-0.05, 0) is 12.5 Å². The molecular formula is C13H17NO3. The predicted octanol–water partition coefficient (Wildman–Crippen LogP) is 1.28. The average molecular weight is 235 g/mol. The van der Waals surface area contributed by atoms with Crippen molar-refractivity contribution in [3.05, 3.63) is 35.9 Å². The van der Waals surface area contributed by atoms with Crippen molar-refractivity contribution in [2.75, 3.05) is 19.8 Å². The van der Waals surface area contributed by atoms with Gasteiger partial charge in [-0.25, -0.2) is 0 Å². The molecule has 1 heterocycles. The Bertz CT molecular complexity index is 366. The van der Waals surface area contributed by atoms with Crippen LogP contribution in [-0.2, 0) is 14.3 Å². The Labute approximate surface area is 101 Å². The summed E-state index contributed by atoms with van der Waals surface area (Å²) >= 11 is 0. The molecule has 2 rings (SSSR count). The third-order valence-electron chi connectivity index (χ3n) is 2.75. The highest BCUT2D eigenvalue weighted by Gasteiger charge is 2.40. The van der Waals surface area contributed by atoms with Gasteiger partial charge in [-0.15, -0.1) is 0 Å². The molecule has 1 aliphatic rings. The molecule has 0 bridgehead atoms. The van der Waals surface area contributed by atoms with E-state index in [4.69, 9.17) is 9.47 Å². The third kappa shape index (κ3) is 2.84. The highest BCUT2D eigenvalue weighted by atomic mass is 16.5. The van der Waals surface area contributed by atoms with Crippen molar-refractivity contribution >= 4 is 5.91 Å². The van der Waals surface area contributed by atoms with Crippen LogP contribution in [0.3, 0.4) is 0 Å². The van der Waals surface area contributed by atoms with Gasteiger partial charge in [0.1, 0.15) is 0 Å². The Kier molecular flexibility index (Phi) is 4.12. The SMILES string of the molecule is CCOCCOC1C(=O)NC1c1ccccc1. The van der Waals surface area contributed by atoms with Gasteiger partial charge in [-0.3, -0.25) is 4.79 Å². The first-order valence-corrected chi connectivity index (χ1v) is 5.87. The van der Waals surface area contributed by atoms with E-state index in [2.05, 4.69) is 5.32 Å². The third-order valence-corrected chi connectivity index (χ3v) is 2.75. The number of nitrogens with one attached hydrogen (secondary N) is 1. The molecule has 92 valence electrons. The summed E-state index contributed by atoms with van der Waals surface area (Å²) in [6, 6.07) is 9.82. The van der Waals surface area contributed by atoms with E-state index in [0.29, 0.717) is 19.8 Å². The van der Waals surface area contributed by atoms with Gasteiger partial charge < -0.3 is 14.8 Å². The number of carbonyl (C=O) groups is 1. The average Bonchev–Trinajstić information content (AvgIpc) is 2.36. The fraction of sp³-hybridized carbons (Fsp3) is 0.462. The van der Waals surface area contributed by atoms with E-state index in [9.17, 15) is 4.79 Å². The van der Waals surface area contributed by atoms with E-state index in [1.54, 1.807) is 0 Å². The topological polar surface area (TPSA) is 47.6 Å². The second-order valence-electron chi connectivity index (χ2n) is 3.89. The Morgan fingerprint density at radius 2 is 2.00 bits per heavy atom. The molecule has 0 aliphatic carbocycles. The van der Waals surface area contributed by atoms with Crippen molar-refractivity contribution in [2.24, 2.45) is 0 Å². The molecule has 4 nitrogen and oxygen atoms in total. The fourth-order valence-corrected chi connectivity index (χ4v) is 1.83. The molecule has 0 saturated carbocycles. The minimum Gasteiger partial charge on any atom is -0.379 e. The molecule has 17 heavy (non-hydrogen) atoms. The molecule has 0 radical (unpaired) electrons. The quantitative estimate of drug-likeness (QED) is 0.597. The standard InChI is InChI=1S/C13H17NO3/c1-2-16-8-9-17-12-11(14-13(12)15)10-6-4-3-5-7-10/h3-7,11-12H,2,8-9H2,1H3,(H,14,15). The van der Waals surface area contributed by atoms with Gasteiger partial charge in [0.15, 0.2) is 6.10 Å². The molecule has 1 fully saturated rings. The van der Waals surface area contributed by atoms with Gasteiger partial charge >= 0.3 is 0 Å². The van der Waals surface area contributed by atoms with Crippen molar-refractivity contribution in [2.45, 2.75) is 19.1 Å². The summed E-state index contributed by atoms with van der Waals surface area (Å²) in [5, 5.41) is 2.85. The van der Waals surface area contributed by atoms with Gasteiger partial charge in [0, 0.05) is 6.61 Å². The van der Waals surface area contributed by atoms with E-state index in [-0.39, 0.29) is 18.1 Å². The fourth-order valence-electron chi connectivity index (χ4n) is 1.83. The second kappa shape index (κ2) is 5.80. The minimum atomic E-state index is -0.377. The van der Waals surface area contributed by atoms with E-state index in [1.807, 2.05) is 37.3 Å². The molecule has 1 aromatic carbocycles. The summed E-state index contributed by atoms with van der Waals surface area (Å²) in [6.07, 6.45) is -0.377. The number of hydrogen-bond acceptors (Lipinski definition) is 3. The summed E-state index contributed by atoms with van der Waals surface area (Å²) in [7, 11) is 0. The van der Waals surface area contributed by atoms with Crippen LogP contribution in [0.15, 0.2) is 30.3 Å². The molecule has 1 N–H and O–H groups in total. The molecule has 1 aromatic rings.